The van der Waals surface area contributed by atoms with Crippen LogP contribution in [-0.2, 0) is 6.54 Å². The first-order chi connectivity index (χ1) is 10.7. The van der Waals surface area contributed by atoms with Crippen LogP contribution in [0.5, 0.6) is 0 Å². The molecule has 0 bridgehead atoms. The van der Waals surface area contributed by atoms with Gasteiger partial charge < -0.3 is 0 Å². The largest absolute Gasteiger partial charge is 0.293 e. The fraction of sp³-hybridized carbons (Fsp3) is 0.111. The molecule has 0 radical (unpaired) electrons. The Morgan fingerprint density at radius 3 is 2.73 bits per heavy atom. The van der Waals surface area contributed by atoms with Gasteiger partial charge in [-0.2, -0.15) is 0 Å². The molecule has 0 spiro atoms. The molecule has 22 heavy (non-hydrogen) atoms. The smallest absolute Gasteiger partial charge is 0.261 e. The third-order valence-corrected chi connectivity index (χ3v) is 3.97. The topological polar surface area (TPSA) is 34.9 Å². The minimum absolute atomic E-state index is 0.00184. The quantitative estimate of drug-likeness (QED) is 0.700. The van der Waals surface area contributed by atoms with Gasteiger partial charge in [-0.05, 0) is 42.8 Å². The highest BCUT2D eigenvalue weighted by molar-refractivity contribution is 9.10. The molecule has 0 N–H and O–H groups in total. The zero-order valence-corrected chi connectivity index (χ0v) is 13.7. The number of hydrogen-bond acceptors (Lipinski definition) is 2. The van der Waals surface area contributed by atoms with Gasteiger partial charge in [0.15, 0.2) is 0 Å². The molecule has 1 aromatic heterocycles. The summed E-state index contributed by atoms with van der Waals surface area (Å²) in [6, 6.07) is 15.4. The number of fused-ring (bicyclic) bond motifs is 1. The van der Waals surface area contributed by atoms with Crippen LogP contribution in [0.25, 0.3) is 23.1 Å². The molecule has 2 aromatic carbocycles. The zero-order valence-electron chi connectivity index (χ0n) is 12.2. The van der Waals surface area contributed by atoms with E-state index in [9.17, 15) is 4.79 Å². The Balaban J connectivity index is 2.12. The van der Waals surface area contributed by atoms with Crippen molar-refractivity contribution in [2.45, 2.75) is 13.5 Å². The molecule has 3 nitrogen and oxygen atoms in total. The fourth-order valence-electron chi connectivity index (χ4n) is 2.40. The summed E-state index contributed by atoms with van der Waals surface area (Å²) in [4.78, 5) is 17.1. The van der Waals surface area contributed by atoms with Crippen LogP contribution in [0.15, 0.2) is 57.8 Å². The Hall–Kier alpha value is -2.20. The summed E-state index contributed by atoms with van der Waals surface area (Å²) in [7, 11) is 0. The Bertz CT molecular complexity index is 912. The minimum atomic E-state index is 0.00184. The average molecular weight is 355 g/mol. The molecule has 1 heterocycles. The minimum Gasteiger partial charge on any atom is -0.293 e. The number of benzene rings is 2. The van der Waals surface area contributed by atoms with Crippen molar-refractivity contribution in [2.75, 3.05) is 0 Å². The summed E-state index contributed by atoms with van der Waals surface area (Å²) in [6.45, 7) is 2.54. The van der Waals surface area contributed by atoms with E-state index in [2.05, 4.69) is 20.9 Å². The molecule has 0 aliphatic heterocycles. The van der Waals surface area contributed by atoms with Gasteiger partial charge in [-0.25, -0.2) is 4.98 Å². The lowest BCUT2D eigenvalue weighted by atomic mass is 10.2. The Kier molecular flexibility index (Phi) is 4.20. The Labute approximate surface area is 137 Å². The van der Waals surface area contributed by atoms with Crippen molar-refractivity contribution in [3.63, 3.8) is 0 Å². The summed E-state index contributed by atoms with van der Waals surface area (Å²) in [5, 5.41) is 0.656. The first-order valence-corrected chi connectivity index (χ1v) is 7.91. The van der Waals surface area contributed by atoms with E-state index in [0.29, 0.717) is 17.8 Å². The maximum absolute atomic E-state index is 12.5. The van der Waals surface area contributed by atoms with Crippen LogP contribution in [0.2, 0.25) is 0 Å². The Morgan fingerprint density at radius 2 is 1.95 bits per heavy atom. The van der Waals surface area contributed by atoms with Crippen molar-refractivity contribution >= 4 is 39.0 Å². The van der Waals surface area contributed by atoms with Crippen molar-refractivity contribution in [3.8, 4) is 0 Å². The first kappa shape index (κ1) is 14.7. The van der Waals surface area contributed by atoms with E-state index in [0.717, 1.165) is 15.6 Å². The molecule has 3 aromatic rings. The molecule has 0 atom stereocenters. The number of hydrogen-bond donors (Lipinski definition) is 0. The molecule has 0 aliphatic rings. The number of rotatable bonds is 3. The predicted molar refractivity (Wildman–Crippen MR) is 94.7 cm³/mol. The average Bonchev–Trinajstić information content (AvgIpc) is 2.53. The van der Waals surface area contributed by atoms with Gasteiger partial charge in [0.2, 0.25) is 0 Å². The second kappa shape index (κ2) is 6.28. The van der Waals surface area contributed by atoms with Gasteiger partial charge in [-0.15, -0.1) is 0 Å². The van der Waals surface area contributed by atoms with E-state index in [1.807, 2.05) is 67.6 Å². The lowest BCUT2D eigenvalue weighted by Gasteiger charge is -2.08. The standard InChI is InChI=1S/C18H15BrN2O/c1-2-21-17(11-10-13-6-5-7-14(19)12-13)20-16-9-4-3-8-15(16)18(21)22/h3-12H,2H2,1H3. The summed E-state index contributed by atoms with van der Waals surface area (Å²) >= 11 is 3.46. The van der Waals surface area contributed by atoms with Crippen LogP contribution in [-0.4, -0.2) is 9.55 Å². The second-order valence-corrected chi connectivity index (χ2v) is 5.84. The van der Waals surface area contributed by atoms with Gasteiger partial charge in [-0.3, -0.25) is 9.36 Å². The van der Waals surface area contributed by atoms with E-state index in [-0.39, 0.29) is 5.56 Å². The van der Waals surface area contributed by atoms with Gasteiger partial charge in [0.25, 0.3) is 5.56 Å². The molecule has 110 valence electrons. The van der Waals surface area contributed by atoms with Crippen LogP contribution in [0.4, 0.5) is 0 Å². The summed E-state index contributed by atoms with van der Waals surface area (Å²) in [6.07, 6.45) is 3.85. The highest BCUT2D eigenvalue weighted by atomic mass is 79.9. The lowest BCUT2D eigenvalue weighted by molar-refractivity contribution is 0.708. The molecule has 0 fully saturated rings. The molecule has 0 amide bonds. The van der Waals surface area contributed by atoms with E-state index >= 15 is 0 Å². The fourth-order valence-corrected chi connectivity index (χ4v) is 2.82. The maximum atomic E-state index is 12.5. The Morgan fingerprint density at radius 1 is 1.14 bits per heavy atom. The van der Waals surface area contributed by atoms with E-state index in [1.165, 1.54) is 0 Å². The lowest BCUT2D eigenvalue weighted by Crippen LogP contribution is -2.22. The molecule has 0 saturated heterocycles. The zero-order chi connectivity index (χ0) is 15.5. The highest BCUT2D eigenvalue weighted by Crippen LogP contribution is 2.15. The predicted octanol–water partition coefficient (Wildman–Crippen LogP) is 4.35. The van der Waals surface area contributed by atoms with Crippen molar-refractivity contribution in [1.29, 1.82) is 0 Å². The van der Waals surface area contributed by atoms with Crippen molar-refractivity contribution in [3.05, 3.63) is 74.7 Å². The SMILES string of the molecule is CCn1c(C=Cc2cccc(Br)c2)nc2ccccc2c1=O. The normalized spacial score (nSPS) is 11.4. The molecule has 0 saturated carbocycles. The second-order valence-electron chi connectivity index (χ2n) is 4.92. The maximum Gasteiger partial charge on any atom is 0.261 e. The van der Waals surface area contributed by atoms with Crippen LogP contribution in [0.3, 0.4) is 0 Å². The first-order valence-electron chi connectivity index (χ1n) is 7.12. The van der Waals surface area contributed by atoms with Crippen LogP contribution in [0, 0.1) is 0 Å². The summed E-state index contributed by atoms with van der Waals surface area (Å²) in [5.74, 6) is 0.672. The van der Waals surface area contributed by atoms with Gasteiger partial charge in [0.05, 0.1) is 10.9 Å². The highest BCUT2D eigenvalue weighted by Gasteiger charge is 2.07. The monoisotopic (exact) mass is 354 g/mol. The van der Waals surface area contributed by atoms with Gasteiger partial charge in [-0.1, -0.05) is 46.3 Å². The van der Waals surface area contributed by atoms with Crippen molar-refractivity contribution < 1.29 is 0 Å². The number of aromatic nitrogens is 2. The summed E-state index contributed by atoms with van der Waals surface area (Å²) < 4.78 is 2.71. The van der Waals surface area contributed by atoms with E-state index in [4.69, 9.17) is 0 Å². The van der Waals surface area contributed by atoms with Gasteiger partial charge in [0, 0.05) is 11.0 Å². The number of halogens is 1. The number of para-hydroxylation sites is 1. The third-order valence-electron chi connectivity index (χ3n) is 3.48. The van der Waals surface area contributed by atoms with Crippen molar-refractivity contribution in [1.82, 2.24) is 9.55 Å². The van der Waals surface area contributed by atoms with Crippen molar-refractivity contribution in [2.24, 2.45) is 0 Å². The number of nitrogens with zero attached hydrogens (tertiary/aromatic N) is 2. The molecule has 4 heteroatoms. The van der Waals surface area contributed by atoms with E-state index < -0.39 is 0 Å². The van der Waals surface area contributed by atoms with Crippen LogP contribution >= 0.6 is 15.9 Å². The third kappa shape index (κ3) is 2.88. The molecule has 3 rings (SSSR count). The van der Waals surface area contributed by atoms with Crippen LogP contribution < -0.4 is 5.56 Å². The molecular weight excluding hydrogens is 340 g/mol. The van der Waals surface area contributed by atoms with Gasteiger partial charge >= 0.3 is 0 Å². The molecule has 0 unspecified atom stereocenters. The van der Waals surface area contributed by atoms with Gasteiger partial charge in [0.1, 0.15) is 5.82 Å². The summed E-state index contributed by atoms with van der Waals surface area (Å²) in [5.41, 5.74) is 1.78. The molecular formula is C18H15BrN2O. The molecule has 0 aliphatic carbocycles. The van der Waals surface area contributed by atoms with E-state index in [1.54, 1.807) is 4.57 Å². The van der Waals surface area contributed by atoms with Crippen LogP contribution in [0.1, 0.15) is 18.3 Å².